The standard InChI is InChI=1S/C21H17N4/c22-19-7-3-6-18(11-19)20-13-25-21(14-23-20)24-12-15-8-9-16-4-1-2-5-17(16)10-15/h1-10,13-14H,12,22H2,(H,24,25). The van der Waals surface area contributed by atoms with Crippen LogP contribution in [-0.4, -0.2) is 9.97 Å². The molecule has 0 aliphatic carbocycles. The largest absolute Gasteiger partial charge is 0.398 e. The molecule has 1 heterocycles. The summed E-state index contributed by atoms with van der Waals surface area (Å²) in [5, 5.41) is 5.79. The molecule has 4 aromatic rings. The van der Waals surface area contributed by atoms with E-state index in [9.17, 15) is 0 Å². The fraction of sp³-hybridized carbons (Fsp3) is 0.0476. The van der Waals surface area contributed by atoms with Gasteiger partial charge in [-0.15, -0.1) is 0 Å². The summed E-state index contributed by atoms with van der Waals surface area (Å²) >= 11 is 0. The highest BCUT2D eigenvalue weighted by Crippen LogP contribution is 2.19. The molecule has 0 aliphatic heterocycles. The number of anilines is 2. The number of fused-ring (bicyclic) bond motifs is 1. The van der Waals surface area contributed by atoms with Gasteiger partial charge >= 0.3 is 0 Å². The molecule has 1 aromatic heterocycles. The number of nitrogens with zero attached hydrogens (tertiary/aromatic N) is 2. The van der Waals surface area contributed by atoms with Crippen molar-refractivity contribution >= 4 is 22.3 Å². The maximum atomic E-state index is 5.76. The molecule has 3 N–H and O–H groups in total. The van der Waals surface area contributed by atoms with Gasteiger partial charge in [0.1, 0.15) is 5.82 Å². The fourth-order valence-corrected chi connectivity index (χ4v) is 2.74. The summed E-state index contributed by atoms with van der Waals surface area (Å²) in [4.78, 5) is 8.87. The molecule has 25 heavy (non-hydrogen) atoms. The number of aromatic nitrogens is 2. The SMILES string of the molecule is Nc1[c]c(-c2cnc(NCc3ccc4ccccc4c3)cn2)ccc1. The van der Waals surface area contributed by atoms with E-state index in [0.29, 0.717) is 12.2 Å². The number of nitrogens with two attached hydrogens (primary N) is 1. The van der Waals surface area contributed by atoms with Crippen molar-refractivity contribution in [2.45, 2.75) is 6.54 Å². The Hall–Kier alpha value is -3.40. The molecular formula is C21H17N4. The van der Waals surface area contributed by atoms with Gasteiger partial charge in [-0.3, -0.25) is 4.98 Å². The van der Waals surface area contributed by atoms with E-state index in [1.54, 1.807) is 18.5 Å². The first-order chi connectivity index (χ1) is 12.3. The van der Waals surface area contributed by atoms with Gasteiger partial charge in [0.25, 0.3) is 0 Å². The van der Waals surface area contributed by atoms with E-state index in [1.807, 2.05) is 12.1 Å². The molecule has 1 radical (unpaired) electrons. The van der Waals surface area contributed by atoms with Crippen molar-refractivity contribution in [1.29, 1.82) is 0 Å². The molecule has 0 saturated heterocycles. The molecule has 0 aliphatic rings. The summed E-state index contributed by atoms with van der Waals surface area (Å²) in [6.45, 7) is 0.698. The maximum Gasteiger partial charge on any atom is 0.144 e. The van der Waals surface area contributed by atoms with Crippen LogP contribution in [0.15, 0.2) is 73.1 Å². The van der Waals surface area contributed by atoms with E-state index in [4.69, 9.17) is 5.73 Å². The molecule has 3 aromatic carbocycles. The number of hydrogen-bond acceptors (Lipinski definition) is 4. The van der Waals surface area contributed by atoms with Gasteiger partial charge in [-0.25, -0.2) is 4.98 Å². The van der Waals surface area contributed by atoms with E-state index in [0.717, 1.165) is 17.1 Å². The summed E-state index contributed by atoms with van der Waals surface area (Å²) in [6.07, 6.45) is 3.46. The molecule has 0 spiro atoms. The molecule has 0 amide bonds. The third-order valence-corrected chi connectivity index (χ3v) is 4.03. The van der Waals surface area contributed by atoms with Crippen LogP contribution in [0.4, 0.5) is 11.5 Å². The van der Waals surface area contributed by atoms with Crippen molar-refractivity contribution in [2.24, 2.45) is 0 Å². The first-order valence-electron chi connectivity index (χ1n) is 8.10. The van der Waals surface area contributed by atoms with Crippen LogP contribution >= 0.6 is 0 Å². The van der Waals surface area contributed by atoms with Gasteiger partial charge in [0.2, 0.25) is 0 Å². The first kappa shape index (κ1) is 15.1. The molecule has 0 saturated carbocycles. The van der Waals surface area contributed by atoms with E-state index >= 15 is 0 Å². The zero-order valence-corrected chi connectivity index (χ0v) is 13.6. The van der Waals surface area contributed by atoms with Gasteiger partial charge in [-0.05, 0) is 28.5 Å². The highest BCUT2D eigenvalue weighted by atomic mass is 15.0. The maximum absolute atomic E-state index is 5.76. The Morgan fingerprint density at radius 1 is 0.880 bits per heavy atom. The predicted octanol–water partition coefficient (Wildman–Crippen LogP) is 4.29. The highest BCUT2D eigenvalue weighted by molar-refractivity contribution is 5.83. The monoisotopic (exact) mass is 325 g/mol. The summed E-state index contributed by atoms with van der Waals surface area (Å²) < 4.78 is 0. The third-order valence-electron chi connectivity index (χ3n) is 4.03. The lowest BCUT2D eigenvalue weighted by atomic mass is 10.1. The Labute approximate surface area is 146 Å². The van der Waals surface area contributed by atoms with Crippen LogP contribution in [0.2, 0.25) is 0 Å². The Bertz CT molecular complexity index is 1010. The van der Waals surface area contributed by atoms with Crippen LogP contribution in [0.3, 0.4) is 0 Å². The molecule has 0 bridgehead atoms. The number of nitrogens with one attached hydrogen (secondary N) is 1. The number of benzene rings is 3. The molecule has 121 valence electrons. The highest BCUT2D eigenvalue weighted by Gasteiger charge is 2.02. The number of hydrogen-bond donors (Lipinski definition) is 2. The van der Waals surface area contributed by atoms with Crippen LogP contribution in [-0.2, 0) is 6.54 Å². The van der Waals surface area contributed by atoms with E-state index in [1.165, 1.54) is 16.3 Å². The normalized spacial score (nSPS) is 10.7. The second-order valence-electron chi connectivity index (χ2n) is 5.84. The molecule has 0 atom stereocenters. The molecular weight excluding hydrogens is 308 g/mol. The van der Waals surface area contributed by atoms with Crippen molar-refractivity contribution in [1.82, 2.24) is 9.97 Å². The van der Waals surface area contributed by atoms with Gasteiger partial charge in [-0.2, -0.15) is 0 Å². The second kappa shape index (κ2) is 6.61. The van der Waals surface area contributed by atoms with Crippen molar-refractivity contribution in [2.75, 3.05) is 11.1 Å². The average molecular weight is 325 g/mol. The average Bonchev–Trinajstić information content (AvgIpc) is 2.66. The zero-order valence-electron chi connectivity index (χ0n) is 13.6. The smallest absolute Gasteiger partial charge is 0.144 e. The number of nitrogen functional groups attached to an aromatic ring is 1. The van der Waals surface area contributed by atoms with Crippen molar-refractivity contribution < 1.29 is 0 Å². The fourth-order valence-electron chi connectivity index (χ4n) is 2.74. The lowest BCUT2D eigenvalue weighted by Crippen LogP contribution is -2.02. The molecule has 0 unspecified atom stereocenters. The van der Waals surface area contributed by atoms with E-state index in [-0.39, 0.29) is 0 Å². The minimum atomic E-state index is 0.595. The van der Waals surface area contributed by atoms with Crippen LogP contribution in [0.5, 0.6) is 0 Å². The lowest BCUT2D eigenvalue weighted by Gasteiger charge is -2.08. The van der Waals surface area contributed by atoms with E-state index < -0.39 is 0 Å². The number of rotatable bonds is 4. The Kier molecular flexibility index (Phi) is 4.01. The van der Waals surface area contributed by atoms with Gasteiger partial charge in [-0.1, -0.05) is 48.5 Å². The minimum Gasteiger partial charge on any atom is -0.398 e. The lowest BCUT2D eigenvalue weighted by molar-refractivity contribution is 1.09. The molecule has 4 nitrogen and oxygen atoms in total. The Morgan fingerprint density at radius 3 is 2.56 bits per heavy atom. The van der Waals surface area contributed by atoms with Crippen LogP contribution in [0, 0.1) is 6.07 Å². The van der Waals surface area contributed by atoms with Crippen LogP contribution < -0.4 is 11.1 Å². The Morgan fingerprint density at radius 2 is 1.76 bits per heavy atom. The van der Waals surface area contributed by atoms with Gasteiger partial charge in [0.15, 0.2) is 0 Å². The zero-order chi connectivity index (χ0) is 17.1. The van der Waals surface area contributed by atoms with Gasteiger partial charge < -0.3 is 11.1 Å². The summed E-state index contributed by atoms with van der Waals surface area (Å²) in [6, 6.07) is 23.5. The van der Waals surface area contributed by atoms with Crippen molar-refractivity contribution in [3.05, 3.63) is 84.7 Å². The summed E-state index contributed by atoms with van der Waals surface area (Å²) in [7, 11) is 0. The van der Waals surface area contributed by atoms with E-state index in [2.05, 4.69) is 63.8 Å². The quantitative estimate of drug-likeness (QED) is 0.549. The van der Waals surface area contributed by atoms with Gasteiger partial charge in [0.05, 0.1) is 18.1 Å². The third kappa shape index (κ3) is 3.43. The molecule has 4 heteroatoms. The summed E-state index contributed by atoms with van der Waals surface area (Å²) in [5.74, 6) is 0.737. The molecule has 4 rings (SSSR count). The van der Waals surface area contributed by atoms with Crippen molar-refractivity contribution in [3.8, 4) is 11.3 Å². The summed E-state index contributed by atoms with van der Waals surface area (Å²) in [5.41, 5.74) is 9.15. The second-order valence-corrected chi connectivity index (χ2v) is 5.84. The Balaban J connectivity index is 1.47. The van der Waals surface area contributed by atoms with Crippen molar-refractivity contribution in [3.63, 3.8) is 0 Å². The minimum absolute atomic E-state index is 0.595. The van der Waals surface area contributed by atoms with Crippen LogP contribution in [0.1, 0.15) is 5.56 Å². The first-order valence-corrected chi connectivity index (χ1v) is 8.10. The van der Waals surface area contributed by atoms with Crippen LogP contribution in [0.25, 0.3) is 22.0 Å². The predicted molar refractivity (Wildman–Crippen MR) is 102 cm³/mol. The topological polar surface area (TPSA) is 63.8 Å². The molecule has 0 fully saturated rings. The van der Waals surface area contributed by atoms with Gasteiger partial charge in [0, 0.05) is 23.9 Å².